The number of thiophene rings is 1. The standard InChI is InChI=1S/C24H25N5OS2/c1-4-11-29-23(19-7-5-10-25-15-19)26-27-24(29)32-16-22(30)21-14-17(2)28(18(21)3)12-9-20-8-6-13-31-20/h4-8,10,13-15H,1,9,11-12,16H2,2-3H3. The van der Waals surface area contributed by atoms with Crippen molar-refractivity contribution in [3.8, 4) is 11.4 Å². The van der Waals surface area contributed by atoms with E-state index in [0.29, 0.717) is 17.5 Å². The minimum Gasteiger partial charge on any atom is -0.348 e. The monoisotopic (exact) mass is 463 g/mol. The second-order valence-corrected chi connectivity index (χ2v) is 9.40. The fourth-order valence-corrected chi connectivity index (χ4v) is 5.24. The van der Waals surface area contributed by atoms with Crippen LogP contribution in [0.3, 0.4) is 0 Å². The topological polar surface area (TPSA) is 65.6 Å². The Balaban J connectivity index is 1.48. The summed E-state index contributed by atoms with van der Waals surface area (Å²) in [6.45, 7) is 9.37. The summed E-state index contributed by atoms with van der Waals surface area (Å²) in [5.74, 6) is 1.12. The van der Waals surface area contributed by atoms with Gasteiger partial charge < -0.3 is 4.57 Å². The van der Waals surface area contributed by atoms with Crippen molar-refractivity contribution in [2.75, 3.05) is 5.75 Å². The van der Waals surface area contributed by atoms with Crippen LogP contribution < -0.4 is 0 Å². The number of carbonyl (C=O) groups is 1. The molecule has 4 rings (SSSR count). The Hall–Kier alpha value is -2.97. The molecule has 0 aliphatic rings. The SMILES string of the molecule is C=CCn1c(SCC(=O)c2cc(C)n(CCc3cccs3)c2C)nnc1-c1cccnc1. The number of aromatic nitrogens is 5. The van der Waals surface area contributed by atoms with Gasteiger partial charge in [-0.05, 0) is 49.9 Å². The van der Waals surface area contributed by atoms with Crippen LogP contribution >= 0.6 is 23.1 Å². The fraction of sp³-hybridized carbons (Fsp3) is 0.250. The summed E-state index contributed by atoms with van der Waals surface area (Å²) in [5, 5.41) is 11.5. The Labute approximate surface area is 196 Å². The van der Waals surface area contributed by atoms with Gasteiger partial charge in [-0.3, -0.25) is 14.3 Å². The predicted octanol–water partition coefficient (Wildman–Crippen LogP) is 5.22. The smallest absolute Gasteiger partial charge is 0.192 e. The lowest BCUT2D eigenvalue weighted by Crippen LogP contribution is -2.09. The number of pyridine rings is 1. The number of rotatable bonds is 10. The number of hydrogen-bond acceptors (Lipinski definition) is 6. The van der Waals surface area contributed by atoms with E-state index in [4.69, 9.17) is 0 Å². The molecule has 6 nitrogen and oxygen atoms in total. The van der Waals surface area contributed by atoms with Crippen molar-refractivity contribution in [2.24, 2.45) is 0 Å². The average Bonchev–Trinajstić information content (AvgIpc) is 3.52. The van der Waals surface area contributed by atoms with Crippen LogP contribution in [0.5, 0.6) is 0 Å². The van der Waals surface area contributed by atoms with Crippen molar-refractivity contribution >= 4 is 28.9 Å². The van der Waals surface area contributed by atoms with Crippen molar-refractivity contribution in [1.29, 1.82) is 0 Å². The average molecular weight is 464 g/mol. The normalized spacial score (nSPS) is 11.1. The van der Waals surface area contributed by atoms with Crippen LogP contribution in [0.2, 0.25) is 0 Å². The number of ketones is 1. The number of Topliss-reactive ketones (excluding diaryl/α,β-unsaturated/α-hetero) is 1. The summed E-state index contributed by atoms with van der Waals surface area (Å²) in [6, 6.07) is 10.0. The highest BCUT2D eigenvalue weighted by molar-refractivity contribution is 7.99. The highest BCUT2D eigenvalue weighted by Gasteiger charge is 2.19. The molecule has 0 N–H and O–H groups in total. The molecule has 4 heterocycles. The summed E-state index contributed by atoms with van der Waals surface area (Å²) < 4.78 is 4.20. The van der Waals surface area contributed by atoms with E-state index in [1.165, 1.54) is 16.6 Å². The van der Waals surface area contributed by atoms with Crippen molar-refractivity contribution in [1.82, 2.24) is 24.3 Å². The molecule has 8 heteroatoms. The molecule has 0 unspecified atom stereocenters. The van der Waals surface area contributed by atoms with Gasteiger partial charge in [-0.2, -0.15) is 0 Å². The largest absolute Gasteiger partial charge is 0.348 e. The molecule has 0 saturated heterocycles. The quantitative estimate of drug-likeness (QED) is 0.183. The van der Waals surface area contributed by atoms with E-state index in [1.54, 1.807) is 29.8 Å². The summed E-state index contributed by atoms with van der Waals surface area (Å²) in [7, 11) is 0. The third-order valence-corrected chi connectivity index (χ3v) is 7.22. The Bertz CT molecular complexity index is 1210. The molecule has 0 aliphatic heterocycles. The summed E-state index contributed by atoms with van der Waals surface area (Å²) in [5.41, 5.74) is 3.80. The van der Waals surface area contributed by atoms with Gasteiger partial charge in [0.2, 0.25) is 0 Å². The first kappa shape index (κ1) is 22.2. The molecule has 0 bridgehead atoms. The maximum atomic E-state index is 13.1. The Morgan fingerprint density at radius 2 is 2.09 bits per heavy atom. The molecule has 0 amide bonds. The van der Waals surface area contributed by atoms with E-state index in [1.807, 2.05) is 29.7 Å². The van der Waals surface area contributed by atoms with Crippen molar-refractivity contribution < 1.29 is 4.79 Å². The van der Waals surface area contributed by atoms with Gasteiger partial charge in [0.15, 0.2) is 16.8 Å². The third-order valence-electron chi connectivity index (χ3n) is 5.32. The highest BCUT2D eigenvalue weighted by atomic mass is 32.2. The molecular formula is C24H25N5OS2. The number of hydrogen-bond donors (Lipinski definition) is 0. The van der Waals surface area contributed by atoms with E-state index in [0.717, 1.165) is 41.3 Å². The number of thioether (sulfide) groups is 1. The van der Waals surface area contributed by atoms with Crippen LogP contribution in [0.15, 0.2) is 65.9 Å². The van der Waals surface area contributed by atoms with Gasteiger partial charge in [0.25, 0.3) is 0 Å². The van der Waals surface area contributed by atoms with Crippen molar-refractivity contribution in [3.05, 3.63) is 82.6 Å². The second kappa shape index (κ2) is 10.1. The number of carbonyl (C=O) groups excluding carboxylic acids is 1. The highest BCUT2D eigenvalue weighted by Crippen LogP contribution is 2.25. The van der Waals surface area contributed by atoms with Crippen molar-refractivity contribution in [3.63, 3.8) is 0 Å². The predicted molar refractivity (Wildman–Crippen MR) is 130 cm³/mol. The maximum absolute atomic E-state index is 13.1. The van der Waals surface area contributed by atoms with E-state index >= 15 is 0 Å². The molecule has 0 saturated carbocycles. The fourth-order valence-electron chi connectivity index (χ4n) is 3.71. The van der Waals surface area contributed by atoms with Crippen LogP contribution in [-0.2, 0) is 19.5 Å². The van der Waals surface area contributed by atoms with Crippen LogP contribution in [0, 0.1) is 13.8 Å². The van der Waals surface area contributed by atoms with E-state index < -0.39 is 0 Å². The van der Waals surface area contributed by atoms with E-state index in [-0.39, 0.29) is 5.78 Å². The molecule has 0 radical (unpaired) electrons. The molecule has 4 aromatic rings. The molecule has 32 heavy (non-hydrogen) atoms. The Morgan fingerprint density at radius 3 is 2.81 bits per heavy atom. The minimum atomic E-state index is 0.0987. The Kier molecular flexibility index (Phi) is 7.02. The molecule has 0 aliphatic carbocycles. The first-order valence-corrected chi connectivity index (χ1v) is 12.2. The number of aryl methyl sites for hydroxylation is 2. The van der Waals surface area contributed by atoms with Gasteiger partial charge in [0.1, 0.15) is 0 Å². The molecule has 0 spiro atoms. The zero-order valence-electron chi connectivity index (χ0n) is 18.2. The van der Waals surface area contributed by atoms with E-state index in [9.17, 15) is 4.79 Å². The maximum Gasteiger partial charge on any atom is 0.192 e. The van der Waals surface area contributed by atoms with Gasteiger partial charge in [-0.1, -0.05) is 23.9 Å². The first-order chi connectivity index (χ1) is 15.6. The summed E-state index contributed by atoms with van der Waals surface area (Å²) in [6.07, 6.45) is 6.26. The lowest BCUT2D eigenvalue weighted by molar-refractivity contribution is 0.102. The first-order valence-electron chi connectivity index (χ1n) is 10.4. The summed E-state index contributed by atoms with van der Waals surface area (Å²) in [4.78, 5) is 18.6. The van der Waals surface area contributed by atoms with E-state index in [2.05, 4.69) is 50.8 Å². The molecule has 0 fully saturated rings. The Morgan fingerprint density at radius 1 is 1.22 bits per heavy atom. The lowest BCUT2D eigenvalue weighted by Gasteiger charge is -2.09. The van der Waals surface area contributed by atoms with Gasteiger partial charge in [-0.15, -0.1) is 28.1 Å². The van der Waals surface area contributed by atoms with Crippen LogP contribution in [0.25, 0.3) is 11.4 Å². The van der Waals surface area contributed by atoms with Gasteiger partial charge in [-0.25, -0.2) is 0 Å². The third kappa shape index (κ3) is 4.76. The molecule has 0 aromatic carbocycles. The molecular weight excluding hydrogens is 438 g/mol. The van der Waals surface area contributed by atoms with Gasteiger partial charge >= 0.3 is 0 Å². The zero-order valence-corrected chi connectivity index (χ0v) is 19.8. The minimum absolute atomic E-state index is 0.0987. The van der Waals surface area contributed by atoms with Crippen LogP contribution in [0.1, 0.15) is 26.6 Å². The summed E-state index contributed by atoms with van der Waals surface area (Å²) >= 11 is 3.17. The van der Waals surface area contributed by atoms with Gasteiger partial charge in [0, 0.05) is 52.9 Å². The number of nitrogens with zero attached hydrogens (tertiary/aromatic N) is 5. The molecule has 0 atom stereocenters. The molecule has 164 valence electrons. The van der Waals surface area contributed by atoms with Crippen LogP contribution in [-0.4, -0.2) is 35.9 Å². The van der Waals surface area contributed by atoms with Gasteiger partial charge in [0.05, 0.1) is 5.75 Å². The lowest BCUT2D eigenvalue weighted by atomic mass is 10.2. The van der Waals surface area contributed by atoms with Crippen molar-refractivity contribution in [2.45, 2.75) is 38.5 Å². The molecule has 4 aromatic heterocycles. The number of allylic oxidation sites excluding steroid dienone is 1. The zero-order chi connectivity index (χ0) is 22.5. The second-order valence-electron chi connectivity index (χ2n) is 7.42. The van der Waals surface area contributed by atoms with Crippen LogP contribution in [0.4, 0.5) is 0 Å².